The summed E-state index contributed by atoms with van der Waals surface area (Å²) in [5.41, 5.74) is 0. The van der Waals surface area contributed by atoms with E-state index in [9.17, 15) is 0 Å². The first kappa shape index (κ1) is 13.3. The Balaban J connectivity index is 3.70. The largest absolute Gasteiger partial charge is 0.338 e. The normalized spacial score (nSPS) is 12.5. The summed E-state index contributed by atoms with van der Waals surface area (Å²) in [7, 11) is -1.95. The van der Waals surface area contributed by atoms with E-state index in [2.05, 4.69) is 37.7 Å². The summed E-state index contributed by atoms with van der Waals surface area (Å²) in [6.07, 6.45) is 0. The van der Waals surface area contributed by atoms with Crippen LogP contribution in [0.1, 0.15) is 27.7 Å². The Morgan fingerprint density at radius 2 is 1.62 bits per heavy atom. The van der Waals surface area contributed by atoms with Gasteiger partial charge in [-0.1, -0.05) is 0 Å². The van der Waals surface area contributed by atoms with Gasteiger partial charge in [0.05, 0.1) is 0 Å². The van der Waals surface area contributed by atoms with Crippen molar-refractivity contribution < 1.29 is 9.79 Å². The van der Waals surface area contributed by atoms with Crippen molar-refractivity contribution in [3.05, 3.63) is 0 Å². The molecule has 0 unspecified atom stereocenters. The summed E-state index contributed by atoms with van der Waals surface area (Å²) in [6.45, 7) is 10.0. The van der Waals surface area contributed by atoms with Gasteiger partial charge in [0.2, 0.25) is 8.53 Å². The first-order valence-corrected chi connectivity index (χ1v) is 5.87. The Bertz CT molecular complexity index is 123. The van der Waals surface area contributed by atoms with Crippen molar-refractivity contribution in [3.8, 4) is 0 Å². The van der Waals surface area contributed by atoms with Gasteiger partial charge < -0.3 is 9.79 Å². The van der Waals surface area contributed by atoms with Crippen LogP contribution >= 0.6 is 8.53 Å². The first-order valence-electron chi connectivity index (χ1n) is 4.62. The van der Waals surface area contributed by atoms with E-state index in [1.807, 2.05) is 0 Å². The topological polar surface area (TPSA) is 55.7 Å². The molecule has 0 aliphatic rings. The zero-order chi connectivity index (χ0) is 10.4. The van der Waals surface area contributed by atoms with Gasteiger partial charge in [0.15, 0.2) is 0 Å². The minimum atomic E-state index is -1.95. The van der Waals surface area contributed by atoms with E-state index in [-0.39, 0.29) is 0 Å². The van der Waals surface area contributed by atoms with Crippen LogP contribution in [0.4, 0.5) is 0 Å². The summed E-state index contributed by atoms with van der Waals surface area (Å²) in [4.78, 5) is 19.6. The SMILES string of the molecule is CC(C)N(CCNP(O)O)C(C)C. The van der Waals surface area contributed by atoms with Gasteiger partial charge in [-0.15, -0.1) is 0 Å². The maximum Gasteiger partial charge on any atom is 0.250 e. The van der Waals surface area contributed by atoms with Crippen molar-refractivity contribution in [2.75, 3.05) is 13.1 Å². The number of nitrogens with zero attached hydrogens (tertiary/aromatic N) is 1. The summed E-state index contributed by atoms with van der Waals surface area (Å²) in [6, 6.07) is 0.982. The van der Waals surface area contributed by atoms with Crippen LogP contribution in [0.25, 0.3) is 0 Å². The molecule has 0 fully saturated rings. The maximum absolute atomic E-state index is 8.63. The summed E-state index contributed by atoms with van der Waals surface area (Å²) in [5.74, 6) is 0. The van der Waals surface area contributed by atoms with Crippen molar-refractivity contribution in [3.63, 3.8) is 0 Å². The van der Waals surface area contributed by atoms with Crippen LogP contribution in [0.15, 0.2) is 0 Å². The van der Waals surface area contributed by atoms with Crippen molar-refractivity contribution in [1.82, 2.24) is 9.99 Å². The molecule has 0 rings (SSSR count). The maximum atomic E-state index is 8.63. The molecule has 5 heteroatoms. The Morgan fingerprint density at radius 1 is 1.15 bits per heavy atom. The molecule has 0 saturated carbocycles. The highest BCUT2D eigenvalue weighted by Gasteiger charge is 2.12. The number of rotatable bonds is 6. The van der Waals surface area contributed by atoms with Gasteiger partial charge in [0, 0.05) is 25.2 Å². The second-order valence-electron chi connectivity index (χ2n) is 3.62. The van der Waals surface area contributed by atoms with Crippen LogP contribution in [-0.4, -0.2) is 39.9 Å². The Morgan fingerprint density at radius 3 is 1.92 bits per heavy atom. The highest BCUT2D eigenvalue weighted by atomic mass is 31.2. The number of hydrogen-bond donors (Lipinski definition) is 3. The van der Waals surface area contributed by atoms with E-state index in [4.69, 9.17) is 9.79 Å². The lowest BCUT2D eigenvalue weighted by Gasteiger charge is -2.30. The summed E-state index contributed by atoms with van der Waals surface area (Å²) in [5, 5.41) is 2.62. The minimum absolute atomic E-state index is 0.491. The molecule has 0 aliphatic heterocycles. The highest BCUT2D eigenvalue weighted by Crippen LogP contribution is 2.14. The lowest BCUT2D eigenvalue weighted by atomic mass is 10.2. The molecule has 3 N–H and O–H groups in total. The van der Waals surface area contributed by atoms with Gasteiger partial charge in [-0.25, -0.2) is 5.09 Å². The van der Waals surface area contributed by atoms with Crippen LogP contribution < -0.4 is 5.09 Å². The second kappa shape index (κ2) is 6.68. The summed E-state index contributed by atoms with van der Waals surface area (Å²) < 4.78 is 0. The average Bonchev–Trinajstić information content (AvgIpc) is 1.95. The molecule has 0 saturated heterocycles. The minimum Gasteiger partial charge on any atom is -0.338 e. The quantitative estimate of drug-likeness (QED) is 0.568. The molecule has 0 aromatic heterocycles. The van der Waals surface area contributed by atoms with Crippen molar-refractivity contribution in [2.45, 2.75) is 39.8 Å². The third-order valence-corrected chi connectivity index (χ3v) is 2.46. The molecule has 80 valence electrons. The molecule has 0 radical (unpaired) electrons. The molecule has 0 aromatic carbocycles. The van der Waals surface area contributed by atoms with E-state index < -0.39 is 8.53 Å². The molecule has 0 atom stereocenters. The first-order chi connectivity index (χ1) is 5.95. The second-order valence-corrected chi connectivity index (χ2v) is 4.52. The molecule has 0 amide bonds. The van der Waals surface area contributed by atoms with Gasteiger partial charge in [-0.3, -0.25) is 4.90 Å². The Labute approximate surface area is 81.9 Å². The van der Waals surface area contributed by atoms with Crippen LogP contribution in [0, 0.1) is 0 Å². The molecule has 0 aliphatic carbocycles. The van der Waals surface area contributed by atoms with E-state index >= 15 is 0 Å². The van der Waals surface area contributed by atoms with Gasteiger partial charge >= 0.3 is 0 Å². The van der Waals surface area contributed by atoms with Crippen LogP contribution in [0.5, 0.6) is 0 Å². The fourth-order valence-electron chi connectivity index (χ4n) is 1.39. The molecular formula is C8H21N2O2P. The van der Waals surface area contributed by atoms with Crippen LogP contribution in [-0.2, 0) is 0 Å². The van der Waals surface area contributed by atoms with Crippen molar-refractivity contribution in [2.24, 2.45) is 0 Å². The monoisotopic (exact) mass is 208 g/mol. The molecular weight excluding hydrogens is 187 g/mol. The molecule has 0 bridgehead atoms. The van der Waals surface area contributed by atoms with Gasteiger partial charge in [-0.05, 0) is 27.7 Å². The fraction of sp³-hybridized carbons (Fsp3) is 1.00. The van der Waals surface area contributed by atoms with Crippen molar-refractivity contribution in [1.29, 1.82) is 0 Å². The van der Waals surface area contributed by atoms with Gasteiger partial charge in [0.1, 0.15) is 0 Å². The smallest absolute Gasteiger partial charge is 0.250 e. The van der Waals surface area contributed by atoms with Crippen molar-refractivity contribution >= 4 is 8.53 Å². The lowest BCUT2D eigenvalue weighted by molar-refractivity contribution is 0.178. The zero-order valence-corrected chi connectivity index (χ0v) is 9.75. The predicted molar refractivity (Wildman–Crippen MR) is 56.3 cm³/mol. The average molecular weight is 208 g/mol. The summed E-state index contributed by atoms with van der Waals surface area (Å²) >= 11 is 0. The molecule has 13 heavy (non-hydrogen) atoms. The van der Waals surface area contributed by atoms with Crippen LogP contribution in [0.3, 0.4) is 0 Å². The molecule has 0 aromatic rings. The van der Waals surface area contributed by atoms with E-state index in [0.29, 0.717) is 18.6 Å². The van der Waals surface area contributed by atoms with Gasteiger partial charge in [0.25, 0.3) is 0 Å². The number of hydrogen-bond acceptors (Lipinski definition) is 4. The lowest BCUT2D eigenvalue weighted by Crippen LogP contribution is -2.40. The van der Waals surface area contributed by atoms with E-state index in [1.165, 1.54) is 0 Å². The molecule has 0 heterocycles. The Kier molecular flexibility index (Phi) is 6.82. The third-order valence-electron chi connectivity index (χ3n) is 1.95. The molecule has 0 spiro atoms. The predicted octanol–water partition coefficient (Wildman–Crippen LogP) is 0.906. The number of nitrogens with one attached hydrogen (secondary N) is 1. The van der Waals surface area contributed by atoms with Crippen LogP contribution in [0.2, 0.25) is 0 Å². The standard InChI is InChI=1S/C8H21N2O2P/c1-7(2)10(8(3)4)6-5-9-13(11)12/h7-9,11-12H,5-6H2,1-4H3. The van der Waals surface area contributed by atoms with E-state index in [0.717, 1.165) is 6.54 Å². The fourth-order valence-corrected chi connectivity index (χ4v) is 1.69. The highest BCUT2D eigenvalue weighted by molar-refractivity contribution is 7.42. The Hall–Kier alpha value is 0.270. The van der Waals surface area contributed by atoms with E-state index in [1.54, 1.807) is 0 Å². The molecule has 4 nitrogen and oxygen atoms in total. The third kappa shape index (κ3) is 6.36. The zero-order valence-electron chi connectivity index (χ0n) is 8.86. The van der Waals surface area contributed by atoms with Gasteiger partial charge in [-0.2, -0.15) is 0 Å².